The third kappa shape index (κ3) is 4.73. The van der Waals surface area contributed by atoms with Crippen LogP contribution >= 0.6 is 0 Å². The lowest BCUT2D eigenvalue weighted by Gasteiger charge is -2.07. The first-order valence-electron chi connectivity index (χ1n) is 9.32. The second-order valence-electron chi connectivity index (χ2n) is 6.68. The molecule has 0 aliphatic heterocycles. The molecule has 6 nitrogen and oxygen atoms in total. The Labute approximate surface area is 168 Å². The summed E-state index contributed by atoms with van der Waals surface area (Å²) in [5.41, 5.74) is 2.79. The number of furan rings is 1. The molecule has 2 aromatic heterocycles. The first kappa shape index (κ1) is 18.6. The van der Waals surface area contributed by atoms with Crippen LogP contribution in [0.1, 0.15) is 27.4 Å². The fourth-order valence-electron chi connectivity index (χ4n) is 2.97. The molecule has 0 radical (unpaired) electrons. The number of carbonyl (C=O) groups is 1. The zero-order valence-corrected chi connectivity index (χ0v) is 16.0. The first-order valence-corrected chi connectivity index (χ1v) is 9.32. The standard InChI is InChI=1S/C23H21N3O3/c1-17-6-2-3-9-21(17)28-16-20-10-11-22(29-20)23(27)25-19-8-4-7-18(14-19)15-26-13-5-12-24-26/h2-14H,15-16H2,1H3,(H,25,27). The third-order valence-corrected chi connectivity index (χ3v) is 4.44. The van der Waals surface area contributed by atoms with Gasteiger partial charge in [0.05, 0.1) is 6.54 Å². The second-order valence-corrected chi connectivity index (χ2v) is 6.68. The van der Waals surface area contributed by atoms with E-state index < -0.39 is 0 Å². The van der Waals surface area contributed by atoms with Gasteiger partial charge in [-0.15, -0.1) is 0 Å². The van der Waals surface area contributed by atoms with Crippen molar-refractivity contribution in [2.45, 2.75) is 20.1 Å². The van der Waals surface area contributed by atoms with E-state index in [1.165, 1.54) is 0 Å². The maximum atomic E-state index is 12.5. The molecule has 0 unspecified atom stereocenters. The molecule has 2 heterocycles. The topological polar surface area (TPSA) is 69.3 Å². The quantitative estimate of drug-likeness (QED) is 0.501. The summed E-state index contributed by atoms with van der Waals surface area (Å²) in [5, 5.41) is 7.07. The predicted octanol–water partition coefficient (Wildman–Crippen LogP) is 4.66. The molecular formula is C23H21N3O3. The van der Waals surface area contributed by atoms with Crippen LogP contribution in [0.3, 0.4) is 0 Å². The molecule has 0 saturated carbocycles. The van der Waals surface area contributed by atoms with E-state index in [2.05, 4.69) is 10.4 Å². The van der Waals surface area contributed by atoms with Crippen LogP contribution in [0, 0.1) is 6.92 Å². The summed E-state index contributed by atoms with van der Waals surface area (Å²) in [6.07, 6.45) is 3.64. The van der Waals surface area contributed by atoms with Crippen LogP contribution < -0.4 is 10.1 Å². The van der Waals surface area contributed by atoms with Crippen molar-refractivity contribution >= 4 is 11.6 Å². The van der Waals surface area contributed by atoms with Gasteiger partial charge in [-0.3, -0.25) is 9.48 Å². The Bertz CT molecular complexity index is 1100. The number of hydrogen-bond acceptors (Lipinski definition) is 4. The third-order valence-electron chi connectivity index (χ3n) is 4.44. The van der Waals surface area contributed by atoms with E-state index in [9.17, 15) is 4.79 Å². The van der Waals surface area contributed by atoms with Gasteiger partial charge in [-0.05, 0) is 54.4 Å². The molecule has 0 atom stereocenters. The van der Waals surface area contributed by atoms with Crippen molar-refractivity contribution in [1.29, 1.82) is 0 Å². The van der Waals surface area contributed by atoms with Gasteiger partial charge in [-0.1, -0.05) is 30.3 Å². The number of hydrogen-bond donors (Lipinski definition) is 1. The van der Waals surface area contributed by atoms with E-state index in [-0.39, 0.29) is 18.3 Å². The molecule has 1 amide bonds. The number of ether oxygens (including phenoxy) is 1. The van der Waals surface area contributed by atoms with Gasteiger partial charge in [0.1, 0.15) is 18.1 Å². The number of nitrogens with one attached hydrogen (secondary N) is 1. The Hall–Kier alpha value is -3.80. The molecule has 2 aromatic carbocycles. The number of anilines is 1. The second kappa shape index (κ2) is 8.48. The van der Waals surface area contributed by atoms with Crippen LogP contribution in [0.15, 0.2) is 83.5 Å². The number of rotatable bonds is 7. The normalized spacial score (nSPS) is 10.7. The molecule has 0 aliphatic rings. The summed E-state index contributed by atoms with van der Waals surface area (Å²) in [4.78, 5) is 12.5. The number of carbonyl (C=O) groups excluding carboxylic acids is 1. The van der Waals surface area contributed by atoms with Crippen molar-refractivity contribution in [3.05, 3.63) is 102 Å². The molecule has 29 heavy (non-hydrogen) atoms. The van der Waals surface area contributed by atoms with Crippen LogP contribution in [0.4, 0.5) is 5.69 Å². The lowest BCUT2D eigenvalue weighted by atomic mass is 10.2. The fourth-order valence-corrected chi connectivity index (χ4v) is 2.97. The molecule has 6 heteroatoms. The van der Waals surface area contributed by atoms with Crippen molar-refractivity contribution in [1.82, 2.24) is 9.78 Å². The fraction of sp³-hybridized carbons (Fsp3) is 0.130. The SMILES string of the molecule is Cc1ccccc1OCc1ccc(C(=O)Nc2cccc(Cn3cccn3)c2)o1. The van der Waals surface area contributed by atoms with Crippen LogP contribution in [0.5, 0.6) is 5.75 Å². The molecule has 0 spiro atoms. The van der Waals surface area contributed by atoms with E-state index in [1.54, 1.807) is 18.3 Å². The van der Waals surface area contributed by atoms with E-state index in [4.69, 9.17) is 9.15 Å². The Morgan fingerprint density at radius 2 is 2.00 bits per heavy atom. The minimum Gasteiger partial charge on any atom is -0.485 e. The number of aromatic nitrogens is 2. The van der Waals surface area contributed by atoms with Crippen LogP contribution in [0.2, 0.25) is 0 Å². The smallest absolute Gasteiger partial charge is 0.291 e. The summed E-state index contributed by atoms with van der Waals surface area (Å²) < 4.78 is 13.2. The van der Waals surface area contributed by atoms with Crippen molar-refractivity contribution in [2.24, 2.45) is 0 Å². The predicted molar refractivity (Wildman–Crippen MR) is 110 cm³/mol. The Kier molecular flexibility index (Phi) is 5.42. The molecule has 4 rings (SSSR count). The van der Waals surface area contributed by atoms with Gasteiger partial charge in [0.2, 0.25) is 0 Å². The van der Waals surface area contributed by atoms with Crippen molar-refractivity contribution in [3.8, 4) is 5.75 Å². The summed E-state index contributed by atoms with van der Waals surface area (Å²) in [6, 6.07) is 20.7. The van der Waals surface area contributed by atoms with Gasteiger partial charge in [-0.2, -0.15) is 5.10 Å². The van der Waals surface area contributed by atoms with Crippen LogP contribution in [-0.4, -0.2) is 15.7 Å². The first-order chi connectivity index (χ1) is 14.2. The Morgan fingerprint density at radius 3 is 2.83 bits per heavy atom. The van der Waals surface area contributed by atoms with Crippen LogP contribution in [0.25, 0.3) is 0 Å². The molecule has 146 valence electrons. The lowest BCUT2D eigenvalue weighted by molar-refractivity contribution is 0.0992. The monoisotopic (exact) mass is 387 g/mol. The highest BCUT2D eigenvalue weighted by Gasteiger charge is 2.12. The molecule has 0 fully saturated rings. The zero-order chi connectivity index (χ0) is 20.1. The number of para-hydroxylation sites is 1. The summed E-state index contributed by atoms with van der Waals surface area (Å²) in [5.74, 6) is 1.32. The highest BCUT2D eigenvalue weighted by molar-refractivity contribution is 6.02. The minimum atomic E-state index is -0.302. The van der Waals surface area contributed by atoms with Gasteiger partial charge in [-0.25, -0.2) is 0 Å². The van der Waals surface area contributed by atoms with Gasteiger partial charge in [0.25, 0.3) is 5.91 Å². The van der Waals surface area contributed by atoms with Crippen LogP contribution in [-0.2, 0) is 13.2 Å². The average Bonchev–Trinajstić information content (AvgIpc) is 3.40. The molecule has 4 aromatic rings. The summed E-state index contributed by atoms with van der Waals surface area (Å²) >= 11 is 0. The van der Waals surface area contributed by atoms with Gasteiger partial charge >= 0.3 is 0 Å². The summed E-state index contributed by atoms with van der Waals surface area (Å²) in [6.45, 7) is 2.88. The largest absolute Gasteiger partial charge is 0.485 e. The number of aryl methyl sites for hydroxylation is 1. The molecule has 0 saturated heterocycles. The van der Waals surface area contributed by atoms with E-state index in [0.717, 1.165) is 16.9 Å². The molecule has 0 aliphatic carbocycles. The van der Waals surface area contributed by atoms with E-state index in [1.807, 2.05) is 72.4 Å². The number of amides is 1. The van der Waals surface area contributed by atoms with E-state index in [0.29, 0.717) is 18.0 Å². The number of nitrogens with zero attached hydrogens (tertiary/aromatic N) is 2. The van der Waals surface area contributed by atoms with Gasteiger partial charge < -0.3 is 14.5 Å². The average molecular weight is 387 g/mol. The molecule has 1 N–H and O–H groups in total. The van der Waals surface area contributed by atoms with Gasteiger partial charge in [0, 0.05) is 18.1 Å². The highest BCUT2D eigenvalue weighted by atomic mass is 16.5. The zero-order valence-electron chi connectivity index (χ0n) is 16.0. The van der Waals surface area contributed by atoms with Crippen molar-refractivity contribution in [2.75, 3.05) is 5.32 Å². The minimum absolute atomic E-state index is 0.242. The summed E-state index contributed by atoms with van der Waals surface area (Å²) in [7, 11) is 0. The maximum Gasteiger partial charge on any atom is 0.291 e. The Balaban J connectivity index is 1.37. The maximum absolute atomic E-state index is 12.5. The highest BCUT2D eigenvalue weighted by Crippen LogP contribution is 2.19. The van der Waals surface area contributed by atoms with Gasteiger partial charge in [0.15, 0.2) is 5.76 Å². The molecular weight excluding hydrogens is 366 g/mol. The van der Waals surface area contributed by atoms with E-state index >= 15 is 0 Å². The lowest BCUT2D eigenvalue weighted by Crippen LogP contribution is -2.11. The number of benzene rings is 2. The molecule has 0 bridgehead atoms. The van der Waals surface area contributed by atoms with Crippen molar-refractivity contribution in [3.63, 3.8) is 0 Å². The Morgan fingerprint density at radius 1 is 1.10 bits per heavy atom. The van der Waals surface area contributed by atoms with Crippen molar-refractivity contribution < 1.29 is 13.9 Å².